The fourth-order valence-corrected chi connectivity index (χ4v) is 1.02. The lowest BCUT2D eigenvalue weighted by Crippen LogP contribution is -2.18. The molecule has 0 heterocycles. The molecule has 74 valence electrons. The molecule has 0 aliphatic rings. The van der Waals surface area contributed by atoms with E-state index in [2.05, 4.69) is 20.1 Å². The summed E-state index contributed by atoms with van der Waals surface area (Å²) in [6.45, 7) is 11.3. The first-order valence-electron chi connectivity index (χ1n) is 4.66. The molecule has 0 rings (SSSR count). The summed E-state index contributed by atoms with van der Waals surface area (Å²) in [5.41, 5.74) is 0.969. The fraction of sp³-hybridized carbons (Fsp3) is 0.545. The molecule has 0 aliphatic heterocycles. The molecule has 0 radical (unpaired) electrons. The van der Waals surface area contributed by atoms with Crippen LogP contribution in [-0.2, 0) is 9.53 Å². The van der Waals surface area contributed by atoms with E-state index >= 15 is 0 Å². The highest BCUT2D eigenvalue weighted by molar-refractivity contribution is 5.81. The third-order valence-corrected chi connectivity index (χ3v) is 1.89. The van der Waals surface area contributed by atoms with Gasteiger partial charge in [-0.3, -0.25) is 0 Å². The van der Waals surface area contributed by atoms with Crippen molar-refractivity contribution in [3.8, 4) is 0 Å². The number of rotatable bonds is 6. The second kappa shape index (κ2) is 6.46. The molecule has 2 heteroatoms. The van der Waals surface area contributed by atoms with Crippen molar-refractivity contribution < 1.29 is 9.53 Å². The minimum Gasteiger partial charge on any atom is -0.455 e. The Morgan fingerprint density at radius 3 is 2.54 bits per heavy atom. The predicted molar refractivity (Wildman–Crippen MR) is 54.4 cm³/mol. The van der Waals surface area contributed by atoms with Crippen molar-refractivity contribution in [2.45, 2.75) is 39.2 Å². The van der Waals surface area contributed by atoms with E-state index in [0.717, 1.165) is 24.8 Å². The van der Waals surface area contributed by atoms with Gasteiger partial charge in [0.1, 0.15) is 6.10 Å². The Morgan fingerprint density at radius 2 is 2.15 bits per heavy atom. The van der Waals surface area contributed by atoms with Crippen LogP contribution >= 0.6 is 0 Å². The Balaban J connectivity index is 4.16. The van der Waals surface area contributed by atoms with Crippen LogP contribution in [0.5, 0.6) is 0 Å². The van der Waals surface area contributed by atoms with Gasteiger partial charge in [0.2, 0.25) is 0 Å². The number of carbonyl (C=O) groups excluding carboxylic acids is 1. The van der Waals surface area contributed by atoms with E-state index < -0.39 is 0 Å². The van der Waals surface area contributed by atoms with Crippen molar-refractivity contribution in [2.24, 2.45) is 0 Å². The fourth-order valence-electron chi connectivity index (χ4n) is 1.02. The maximum absolute atomic E-state index is 10.9. The molecule has 0 spiro atoms. The first-order chi connectivity index (χ1) is 6.15. The molecule has 1 atom stereocenters. The van der Waals surface area contributed by atoms with Crippen LogP contribution in [-0.4, -0.2) is 12.1 Å². The predicted octanol–water partition coefficient (Wildman–Crippen LogP) is 2.85. The maximum atomic E-state index is 10.9. The summed E-state index contributed by atoms with van der Waals surface area (Å²) in [5.74, 6) is -0.368. The molecule has 0 unspecified atom stereocenters. The Morgan fingerprint density at radius 1 is 1.54 bits per heavy atom. The second-order valence-electron chi connectivity index (χ2n) is 2.93. The number of hydrogen-bond donors (Lipinski definition) is 0. The van der Waals surface area contributed by atoms with Gasteiger partial charge in [0.25, 0.3) is 0 Å². The summed E-state index contributed by atoms with van der Waals surface area (Å²) in [6.07, 6.45) is 3.71. The minimum absolute atomic E-state index is 0.138. The highest BCUT2D eigenvalue weighted by atomic mass is 16.5. The van der Waals surface area contributed by atoms with E-state index in [1.807, 2.05) is 6.92 Å². The maximum Gasteiger partial charge on any atom is 0.330 e. The molecule has 0 saturated heterocycles. The molecule has 0 N–H and O–H groups in total. The zero-order valence-electron chi connectivity index (χ0n) is 8.51. The van der Waals surface area contributed by atoms with Crippen LogP contribution in [0.25, 0.3) is 0 Å². The molecule has 0 aromatic rings. The van der Waals surface area contributed by atoms with Crippen LogP contribution in [0.4, 0.5) is 0 Å². The van der Waals surface area contributed by atoms with Gasteiger partial charge in [-0.25, -0.2) is 4.79 Å². The number of carbonyl (C=O) groups is 1. The number of ether oxygens (including phenoxy) is 1. The summed E-state index contributed by atoms with van der Waals surface area (Å²) in [5, 5.41) is 0. The first-order valence-corrected chi connectivity index (χ1v) is 4.66. The normalized spacial score (nSPS) is 11.8. The lowest BCUT2D eigenvalue weighted by atomic mass is 10.1. The lowest BCUT2D eigenvalue weighted by Gasteiger charge is -2.17. The Labute approximate surface area is 80.3 Å². The number of hydrogen-bond acceptors (Lipinski definition) is 2. The van der Waals surface area contributed by atoms with Crippen molar-refractivity contribution in [1.82, 2.24) is 0 Å². The van der Waals surface area contributed by atoms with E-state index in [4.69, 9.17) is 4.74 Å². The highest BCUT2D eigenvalue weighted by Gasteiger charge is 2.13. The quantitative estimate of drug-likeness (QED) is 0.358. The van der Waals surface area contributed by atoms with Gasteiger partial charge in [0.05, 0.1) is 0 Å². The van der Waals surface area contributed by atoms with E-state index in [1.165, 1.54) is 6.08 Å². The summed E-state index contributed by atoms with van der Waals surface area (Å²) in [7, 11) is 0. The van der Waals surface area contributed by atoms with Gasteiger partial charge in [-0.15, -0.1) is 0 Å². The van der Waals surface area contributed by atoms with Gasteiger partial charge >= 0.3 is 5.97 Å². The molecule has 0 fully saturated rings. The summed E-state index contributed by atoms with van der Waals surface area (Å²) in [4.78, 5) is 10.9. The molecule has 0 aromatic carbocycles. The molecule has 0 amide bonds. The van der Waals surface area contributed by atoms with Crippen molar-refractivity contribution in [3.05, 3.63) is 24.8 Å². The summed E-state index contributed by atoms with van der Waals surface area (Å²) >= 11 is 0. The smallest absolute Gasteiger partial charge is 0.330 e. The third-order valence-electron chi connectivity index (χ3n) is 1.89. The van der Waals surface area contributed by atoms with Crippen LogP contribution in [0.1, 0.15) is 33.1 Å². The van der Waals surface area contributed by atoms with Crippen LogP contribution in [0.15, 0.2) is 24.8 Å². The first kappa shape index (κ1) is 11.9. The van der Waals surface area contributed by atoms with Crippen molar-refractivity contribution in [1.29, 1.82) is 0 Å². The Kier molecular flexibility index (Phi) is 5.94. The van der Waals surface area contributed by atoms with Crippen molar-refractivity contribution >= 4 is 5.97 Å². The largest absolute Gasteiger partial charge is 0.455 e. The molecule has 0 saturated carbocycles. The van der Waals surface area contributed by atoms with E-state index in [1.54, 1.807) is 0 Å². The van der Waals surface area contributed by atoms with Crippen LogP contribution in [0.2, 0.25) is 0 Å². The van der Waals surface area contributed by atoms with E-state index in [9.17, 15) is 4.79 Å². The highest BCUT2D eigenvalue weighted by Crippen LogP contribution is 2.14. The van der Waals surface area contributed by atoms with Crippen molar-refractivity contribution in [3.63, 3.8) is 0 Å². The minimum atomic E-state index is -0.368. The topological polar surface area (TPSA) is 26.3 Å². The van der Waals surface area contributed by atoms with Crippen LogP contribution in [0, 0.1) is 0 Å². The molecule has 0 bridgehead atoms. The Hall–Kier alpha value is -1.05. The SMILES string of the molecule is C=CC(=O)O[C@@H](CCC)C(=C)CC. The lowest BCUT2D eigenvalue weighted by molar-refractivity contribution is -0.141. The van der Waals surface area contributed by atoms with Crippen molar-refractivity contribution in [2.75, 3.05) is 0 Å². The second-order valence-corrected chi connectivity index (χ2v) is 2.93. The van der Waals surface area contributed by atoms with Crippen LogP contribution < -0.4 is 0 Å². The monoisotopic (exact) mass is 182 g/mol. The van der Waals surface area contributed by atoms with Crippen LogP contribution in [0.3, 0.4) is 0 Å². The third kappa shape index (κ3) is 4.51. The zero-order chi connectivity index (χ0) is 10.3. The summed E-state index contributed by atoms with van der Waals surface area (Å²) in [6, 6.07) is 0. The zero-order valence-corrected chi connectivity index (χ0v) is 8.51. The average molecular weight is 182 g/mol. The molecule has 0 aromatic heterocycles. The standard InChI is InChI=1S/C11H18O2/c1-5-8-10(9(4)6-2)13-11(12)7-3/h7,10H,3-6,8H2,1-2H3/t10-/m0/s1. The molecular weight excluding hydrogens is 164 g/mol. The Bertz CT molecular complexity index is 194. The van der Waals surface area contributed by atoms with Gasteiger partial charge < -0.3 is 4.74 Å². The molecular formula is C11H18O2. The number of esters is 1. The average Bonchev–Trinajstić information content (AvgIpc) is 2.15. The molecule has 0 aliphatic carbocycles. The van der Waals surface area contributed by atoms with Gasteiger partial charge in [0.15, 0.2) is 0 Å². The van der Waals surface area contributed by atoms with E-state index in [-0.39, 0.29) is 12.1 Å². The van der Waals surface area contributed by atoms with Gasteiger partial charge in [0, 0.05) is 6.08 Å². The molecule has 2 nitrogen and oxygen atoms in total. The van der Waals surface area contributed by atoms with Gasteiger partial charge in [-0.1, -0.05) is 33.4 Å². The summed E-state index contributed by atoms with van der Waals surface area (Å²) < 4.78 is 5.14. The van der Waals surface area contributed by atoms with E-state index in [0.29, 0.717) is 0 Å². The van der Waals surface area contributed by atoms with Gasteiger partial charge in [-0.05, 0) is 18.4 Å². The van der Waals surface area contributed by atoms with Gasteiger partial charge in [-0.2, -0.15) is 0 Å². The molecule has 13 heavy (non-hydrogen) atoms.